The maximum Gasteiger partial charge on any atom is 0.220 e. The standard InChI is InChI=1S/C18H27NO3/c1-14(20)11-12-19-18(21)10-9-15-5-4-8-17(13-15)22-16-6-2-3-7-16/h4-5,8,13-14,16,20H,2-3,6-7,9-12H2,1H3,(H,19,21). The Morgan fingerprint density at radius 1 is 1.41 bits per heavy atom. The van der Waals surface area contributed by atoms with Crippen LogP contribution in [0.15, 0.2) is 24.3 Å². The lowest BCUT2D eigenvalue weighted by Crippen LogP contribution is -2.26. The normalized spacial score (nSPS) is 16.5. The van der Waals surface area contributed by atoms with Crippen LogP contribution < -0.4 is 10.1 Å². The van der Waals surface area contributed by atoms with Crippen LogP contribution in [0.1, 0.15) is 51.0 Å². The SMILES string of the molecule is CC(O)CCNC(=O)CCc1cccc(OC2CCCC2)c1. The maximum absolute atomic E-state index is 11.7. The lowest BCUT2D eigenvalue weighted by atomic mass is 10.1. The Balaban J connectivity index is 1.74. The first-order valence-corrected chi connectivity index (χ1v) is 8.34. The van der Waals surface area contributed by atoms with Crippen LogP contribution in [0.2, 0.25) is 0 Å². The summed E-state index contributed by atoms with van der Waals surface area (Å²) in [4.78, 5) is 11.7. The van der Waals surface area contributed by atoms with E-state index in [1.807, 2.05) is 24.3 Å². The second-order valence-corrected chi connectivity index (χ2v) is 6.16. The smallest absolute Gasteiger partial charge is 0.220 e. The molecule has 0 spiro atoms. The van der Waals surface area contributed by atoms with E-state index >= 15 is 0 Å². The predicted octanol–water partition coefficient (Wildman–Crippen LogP) is 2.83. The van der Waals surface area contributed by atoms with Crippen molar-refractivity contribution in [1.82, 2.24) is 5.32 Å². The van der Waals surface area contributed by atoms with E-state index in [1.54, 1.807) is 6.92 Å². The molecule has 2 N–H and O–H groups in total. The largest absolute Gasteiger partial charge is 0.490 e. The fourth-order valence-corrected chi connectivity index (χ4v) is 2.74. The highest BCUT2D eigenvalue weighted by Gasteiger charge is 2.16. The van der Waals surface area contributed by atoms with Gasteiger partial charge >= 0.3 is 0 Å². The van der Waals surface area contributed by atoms with Gasteiger partial charge in [0.25, 0.3) is 0 Å². The van der Waals surface area contributed by atoms with E-state index < -0.39 is 0 Å². The van der Waals surface area contributed by atoms with Crippen LogP contribution in [0.4, 0.5) is 0 Å². The van der Waals surface area contributed by atoms with E-state index in [2.05, 4.69) is 5.32 Å². The van der Waals surface area contributed by atoms with Crippen molar-refractivity contribution in [2.24, 2.45) is 0 Å². The summed E-state index contributed by atoms with van der Waals surface area (Å²) in [7, 11) is 0. The fraction of sp³-hybridized carbons (Fsp3) is 0.611. The van der Waals surface area contributed by atoms with E-state index in [-0.39, 0.29) is 12.0 Å². The zero-order chi connectivity index (χ0) is 15.8. The van der Waals surface area contributed by atoms with Gasteiger partial charge in [-0.1, -0.05) is 12.1 Å². The van der Waals surface area contributed by atoms with Crippen molar-refractivity contribution < 1.29 is 14.6 Å². The molecule has 4 heteroatoms. The Kier molecular flexibility index (Phi) is 6.72. The molecule has 1 aromatic rings. The molecule has 0 aliphatic heterocycles. The summed E-state index contributed by atoms with van der Waals surface area (Å²) in [5, 5.41) is 12.0. The number of carbonyl (C=O) groups is 1. The summed E-state index contributed by atoms with van der Waals surface area (Å²) in [6, 6.07) is 8.06. The highest BCUT2D eigenvalue weighted by atomic mass is 16.5. The van der Waals surface area contributed by atoms with Crippen molar-refractivity contribution in [2.45, 2.75) is 64.1 Å². The number of ether oxygens (including phenoxy) is 1. The molecule has 4 nitrogen and oxygen atoms in total. The lowest BCUT2D eigenvalue weighted by Gasteiger charge is -2.14. The number of carbonyl (C=O) groups excluding carboxylic acids is 1. The molecule has 1 aliphatic rings. The molecule has 2 rings (SSSR count). The number of aliphatic hydroxyl groups excluding tert-OH is 1. The topological polar surface area (TPSA) is 58.6 Å². The molecule has 1 aromatic carbocycles. The molecule has 1 unspecified atom stereocenters. The van der Waals surface area contributed by atoms with Crippen molar-refractivity contribution in [3.63, 3.8) is 0 Å². The van der Waals surface area contributed by atoms with E-state index in [9.17, 15) is 4.79 Å². The minimum absolute atomic E-state index is 0.0303. The van der Waals surface area contributed by atoms with Crippen molar-refractivity contribution in [3.05, 3.63) is 29.8 Å². The molecule has 0 radical (unpaired) electrons. The van der Waals surface area contributed by atoms with Crippen molar-refractivity contribution in [1.29, 1.82) is 0 Å². The highest BCUT2D eigenvalue weighted by Crippen LogP contribution is 2.24. The number of nitrogens with one attached hydrogen (secondary N) is 1. The zero-order valence-electron chi connectivity index (χ0n) is 13.4. The van der Waals surface area contributed by atoms with Crippen molar-refractivity contribution >= 4 is 5.91 Å². The van der Waals surface area contributed by atoms with Crippen LogP contribution >= 0.6 is 0 Å². The number of benzene rings is 1. The molecule has 22 heavy (non-hydrogen) atoms. The third kappa shape index (κ3) is 6.06. The Morgan fingerprint density at radius 2 is 2.18 bits per heavy atom. The molecule has 1 saturated carbocycles. The molecule has 122 valence electrons. The molecule has 0 heterocycles. The molecule has 1 amide bonds. The van der Waals surface area contributed by atoms with Gasteiger partial charge in [0.05, 0.1) is 12.2 Å². The summed E-state index contributed by atoms with van der Waals surface area (Å²) in [5.74, 6) is 0.946. The quantitative estimate of drug-likeness (QED) is 0.776. The second-order valence-electron chi connectivity index (χ2n) is 6.16. The first kappa shape index (κ1) is 16.8. The Morgan fingerprint density at radius 3 is 2.91 bits per heavy atom. The number of hydrogen-bond donors (Lipinski definition) is 2. The van der Waals surface area contributed by atoms with Crippen molar-refractivity contribution in [2.75, 3.05) is 6.54 Å². The monoisotopic (exact) mass is 305 g/mol. The van der Waals surface area contributed by atoms with Gasteiger partial charge in [-0.05, 0) is 63.1 Å². The van der Waals surface area contributed by atoms with Crippen LogP contribution in [-0.2, 0) is 11.2 Å². The van der Waals surface area contributed by atoms with Gasteiger partial charge < -0.3 is 15.2 Å². The number of amides is 1. The Hall–Kier alpha value is -1.55. The molecule has 1 atom stereocenters. The predicted molar refractivity (Wildman–Crippen MR) is 87.0 cm³/mol. The number of hydrogen-bond acceptors (Lipinski definition) is 3. The first-order valence-electron chi connectivity index (χ1n) is 8.34. The Labute approximate surface area is 132 Å². The van der Waals surface area contributed by atoms with E-state index in [1.165, 1.54) is 12.8 Å². The fourth-order valence-electron chi connectivity index (χ4n) is 2.74. The van der Waals surface area contributed by atoms with Gasteiger partial charge in [0.15, 0.2) is 0 Å². The average molecular weight is 305 g/mol. The van der Waals surface area contributed by atoms with Crippen LogP contribution in [-0.4, -0.2) is 29.8 Å². The molecule has 0 saturated heterocycles. The zero-order valence-corrected chi connectivity index (χ0v) is 13.4. The van der Waals surface area contributed by atoms with Crippen LogP contribution in [0.3, 0.4) is 0 Å². The number of rotatable bonds is 8. The number of aryl methyl sites for hydroxylation is 1. The van der Waals surface area contributed by atoms with Gasteiger partial charge in [0.2, 0.25) is 5.91 Å². The molecular weight excluding hydrogens is 278 g/mol. The van der Waals surface area contributed by atoms with Gasteiger partial charge in [-0.3, -0.25) is 4.79 Å². The van der Waals surface area contributed by atoms with Gasteiger partial charge in [0.1, 0.15) is 5.75 Å². The molecule has 1 fully saturated rings. The second kappa shape index (κ2) is 8.79. The molecular formula is C18H27NO3. The molecule has 0 aromatic heterocycles. The summed E-state index contributed by atoms with van der Waals surface area (Å²) in [6.45, 7) is 2.25. The van der Waals surface area contributed by atoms with Gasteiger partial charge in [-0.2, -0.15) is 0 Å². The summed E-state index contributed by atoms with van der Waals surface area (Å²) < 4.78 is 5.99. The Bertz CT molecular complexity index is 467. The molecule has 0 bridgehead atoms. The van der Waals surface area contributed by atoms with E-state index in [4.69, 9.17) is 9.84 Å². The minimum Gasteiger partial charge on any atom is -0.490 e. The maximum atomic E-state index is 11.7. The lowest BCUT2D eigenvalue weighted by molar-refractivity contribution is -0.121. The van der Waals surface area contributed by atoms with Crippen LogP contribution in [0.25, 0.3) is 0 Å². The third-order valence-corrected chi connectivity index (χ3v) is 4.03. The van der Waals surface area contributed by atoms with Gasteiger partial charge in [0, 0.05) is 13.0 Å². The van der Waals surface area contributed by atoms with Crippen molar-refractivity contribution in [3.8, 4) is 5.75 Å². The third-order valence-electron chi connectivity index (χ3n) is 4.03. The molecule has 1 aliphatic carbocycles. The summed E-state index contributed by atoms with van der Waals surface area (Å²) >= 11 is 0. The minimum atomic E-state index is -0.371. The summed E-state index contributed by atoms with van der Waals surface area (Å²) in [5.41, 5.74) is 1.13. The van der Waals surface area contributed by atoms with E-state index in [0.29, 0.717) is 31.9 Å². The highest BCUT2D eigenvalue weighted by molar-refractivity contribution is 5.76. The average Bonchev–Trinajstić information content (AvgIpc) is 2.98. The van der Waals surface area contributed by atoms with Gasteiger partial charge in [-0.15, -0.1) is 0 Å². The van der Waals surface area contributed by atoms with Crippen LogP contribution in [0.5, 0.6) is 5.75 Å². The van der Waals surface area contributed by atoms with Gasteiger partial charge in [-0.25, -0.2) is 0 Å². The summed E-state index contributed by atoms with van der Waals surface area (Å²) in [6.07, 6.45) is 6.58. The number of aliphatic hydroxyl groups is 1. The van der Waals surface area contributed by atoms with E-state index in [0.717, 1.165) is 24.2 Å². The van der Waals surface area contributed by atoms with Crippen LogP contribution in [0, 0.1) is 0 Å². The first-order chi connectivity index (χ1) is 10.6.